The van der Waals surface area contributed by atoms with Gasteiger partial charge in [0, 0.05) is 24.7 Å². The second-order valence-corrected chi connectivity index (χ2v) is 7.64. The van der Waals surface area contributed by atoms with Gasteiger partial charge in [0.25, 0.3) is 10.2 Å². The maximum atomic E-state index is 12.2. The molecule has 6 nitrogen and oxygen atoms in total. The summed E-state index contributed by atoms with van der Waals surface area (Å²) < 4.78 is 28.5. The van der Waals surface area contributed by atoms with Crippen LogP contribution in [0.3, 0.4) is 0 Å². The molecule has 0 spiro atoms. The molecule has 2 N–H and O–H groups in total. The molecule has 1 aliphatic heterocycles. The van der Waals surface area contributed by atoms with E-state index < -0.39 is 10.2 Å². The van der Waals surface area contributed by atoms with Gasteiger partial charge in [-0.1, -0.05) is 6.92 Å². The van der Waals surface area contributed by atoms with Crippen LogP contribution in [-0.2, 0) is 16.8 Å². The van der Waals surface area contributed by atoms with Gasteiger partial charge < -0.3 is 5.32 Å². The fraction of sp³-hybridized carbons (Fsp3) is 0.750. The molecule has 0 saturated carbocycles. The minimum absolute atomic E-state index is 0.275. The van der Waals surface area contributed by atoms with Crippen LogP contribution in [0, 0.1) is 5.92 Å². The number of piperidine rings is 1. The molecule has 1 aromatic rings. The van der Waals surface area contributed by atoms with E-state index in [1.54, 1.807) is 10.5 Å². The Morgan fingerprint density at radius 1 is 1.45 bits per heavy atom. The van der Waals surface area contributed by atoms with E-state index >= 15 is 0 Å². The zero-order chi connectivity index (χ0) is 14.4. The number of nitrogens with zero attached hydrogens (tertiary/aromatic N) is 2. The SMILES string of the molecule is CCNCC1CCN(S(=O)(=O)NCc2nccs2)CC1. The van der Waals surface area contributed by atoms with Crippen LogP contribution >= 0.6 is 11.3 Å². The maximum Gasteiger partial charge on any atom is 0.279 e. The van der Waals surface area contributed by atoms with Gasteiger partial charge in [0.1, 0.15) is 5.01 Å². The Morgan fingerprint density at radius 2 is 2.20 bits per heavy atom. The van der Waals surface area contributed by atoms with Crippen LogP contribution in [0.4, 0.5) is 0 Å². The second-order valence-electron chi connectivity index (χ2n) is 4.90. The average Bonchev–Trinajstić information content (AvgIpc) is 2.97. The molecule has 2 rings (SSSR count). The average molecular weight is 318 g/mol. The minimum atomic E-state index is -3.37. The Kier molecular flexibility index (Phi) is 5.91. The maximum absolute atomic E-state index is 12.2. The Bertz CT molecular complexity index is 482. The number of hydrogen-bond donors (Lipinski definition) is 2. The highest BCUT2D eigenvalue weighted by molar-refractivity contribution is 7.87. The van der Waals surface area contributed by atoms with Crippen LogP contribution < -0.4 is 10.0 Å². The van der Waals surface area contributed by atoms with Crippen molar-refractivity contribution in [1.29, 1.82) is 0 Å². The van der Waals surface area contributed by atoms with Crippen LogP contribution in [0.5, 0.6) is 0 Å². The summed E-state index contributed by atoms with van der Waals surface area (Å²) in [5.41, 5.74) is 0. The highest BCUT2D eigenvalue weighted by Crippen LogP contribution is 2.18. The Morgan fingerprint density at radius 3 is 2.80 bits per heavy atom. The summed E-state index contributed by atoms with van der Waals surface area (Å²) in [5, 5.41) is 5.96. The van der Waals surface area contributed by atoms with Crippen molar-refractivity contribution in [2.75, 3.05) is 26.2 Å². The molecule has 0 atom stereocenters. The molecule has 1 aliphatic rings. The molecule has 1 fully saturated rings. The molecule has 114 valence electrons. The van der Waals surface area contributed by atoms with E-state index in [2.05, 4.69) is 21.9 Å². The van der Waals surface area contributed by atoms with Crippen LogP contribution in [0.25, 0.3) is 0 Å². The Labute approximate surface area is 124 Å². The summed E-state index contributed by atoms with van der Waals surface area (Å²) in [5.74, 6) is 0.584. The molecule has 8 heteroatoms. The first-order valence-electron chi connectivity index (χ1n) is 6.95. The van der Waals surface area contributed by atoms with E-state index in [0.717, 1.165) is 30.9 Å². The second kappa shape index (κ2) is 7.46. The first kappa shape index (κ1) is 15.8. The molecule has 0 amide bonds. The lowest BCUT2D eigenvalue weighted by Crippen LogP contribution is -2.45. The quantitative estimate of drug-likeness (QED) is 0.780. The third kappa shape index (κ3) is 4.49. The molecular formula is C12H22N4O2S2. The normalized spacial score (nSPS) is 18.4. The number of nitrogens with one attached hydrogen (secondary N) is 2. The van der Waals surface area contributed by atoms with Crippen molar-refractivity contribution < 1.29 is 8.42 Å². The fourth-order valence-corrected chi connectivity index (χ4v) is 4.13. The Balaban J connectivity index is 1.79. The van der Waals surface area contributed by atoms with Crippen molar-refractivity contribution in [3.05, 3.63) is 16.6 Å². The number of rotatable bonds is 7. The molecule has 1 aromatic heterocycles. The lowest BCUT2D eigenvalue weighted by Gasteiger charge is -2.31. The van der Waals surface area contributed by atoms with Gasteiger partial charge in [-0.15, -0.1) is 11.3 Å². The van der Waals surface area contributed by atoms with E-state index in [1.807, 2.05) is 5.38 Å². The summed E-state index contributed by atoms with van der Waals surface area (Å²) in [7, 11) is -3.37. The molecule has 0 bridgehead atoms. The number of hydrogen-bond acceptors (Lipinski definition) is 5. The van der Waals surface area contributed by atoms with Crippen LogP contribution in [0.15, 0.2) is 11.6 Å². The van der Waals surface area contributed by atoms with Crippen molar-refractivity contribution in [2.45, 2.75) is 26.3 Å². The van der Waals surface area contributed by atoms with Gasteiger partial charge in [0.2, 0.25) is 0 Å². The lowest BCUT2D eigenvalue weighted by molar-refractivity contribution is 0.266. The van der Waals surface area contributed by atoms with Crippen molar-refractivity contribution in [3.63, 3.8) is 0 Å². The van der Waals surface area contributed by atoms with Gasteiger partial charge in [-0.05, 0) is 31.8 Å². The molecule has 0 aromatic carbocycles. The first-order chi connectivity index (χ1) is 9.62. The monoisotopic (exact) mass is 318 g/mol. The van der Waals surface area contributed by atoms with Gasteiger partial charge in [0.05, 0.1) is 6.54 Å². The largest absolute Gasteiger partial charge is 0.317 e. The highest BCUT2D eigenvalue weighted by Gasteiger charge is 2.27. The van der Waals surface area contributed by atoms with Gasteiger partial charge in [0.15, 0.2) is 0 Å². The smallest absolute Gasteiger partial charge is 0.279 e. The summed E-state index contributed by atoms with van der Waals surface area (Å²) in [6.45, 7) is 5.51. The predicted octanol–water partition coefficient (Wildman–Crippen LogP) is 0.799. The van der Waals surface area contributed by atoms with Crippen molar-refractivity contribution >= 4 is 21.5 Å². The van der Waals surface area contributed by atoms with E-state index in [9.17, 15) is 8.42 Å². The molecule has 0 unspecified atom stereocenters. The zero-order valence-electron chi connectivity index (χ0n) is 11.7. The van der Waals surface area contributed by atoms with Crippen LogP contribution in [-0.4, -0.2) is 43.9 Å². The lowest BCUT2D eigenvalue weighted by atomic mass is 9.98. The van der Waals surface area contributed by atoms with Gasteiger partial charge in [-0.25, -0.2) is 4.98 Å². The van der Waals surface area contributed by atoms with Gasteiger partial charge in [-0.2, -0.15) is 17.4 Å². The first-order valence-corrected chi connectivity index (χ1v) is 9.27. The third-order valence-electron chi connectivity index (χ3n) is 3.49. The van der Waals surface area contributed by atoms with E-state index in [0.29, 0.717) is 19.0 Å². The molecule has 0 radical (unpaired) electrons. The fourth-order valence-electron chi connectivity index (χ4n) is 2.29. The predicted molar refractivity (Wildman–Crippen MR) is 80.7 cm³/mol. The number of aromatic nitrogens is 1. The van der Waals surface area contributed by atoms with Gasteiger partial charge in [-0.3, -0.25) is 0 Å². The summed E-state index contributed by atoms with van der Waals surface area (Å²) >= 11 is 1.45. The van der Waals surface area contributed by atoms with Gasteiger partial charge >= 0.3 is 0 Å². The van der Waals surface area contributed by atoms with Crippen LogP contribution in [0.1, 0.15) is 24.8 Å². The van der Waals surface area contributed by atoms with Crippen molar-refractivity contribution in [1.82, 2.24) is 19.3 Å². The highest BCUT2D eigenvalue weighted by atomic mass is 32.2. The van der Waals surface area contributed by atoms with E-state index in [4.69, 9.17) is 0 Å². The molecule has 1 saturated heterocycles. The number of thiazole rings is 1. The van der Waals surface area contributed by atoms with Crippen molar-refractivity contribution in [3.8, 4) is 0 Å². The third-order valence-corrected chi connectivity index (χ3v) is 5.82. The van der Waals surface area contributed by atoms with Crippen LogP contribution in [0.2, 0.25) is 0 Å². The van der Waals surface area contributed by atoms with Crippen molar-refractivity contribution in [2.24, 2.45) is 5.92 Å². The summed E-state index contributed by atoms with van der Waals surface area (Å²) in [4.78, 5) is 4.08. The molecule has 20 heavy (non-hydrogen) atoms. The minimum Gasteiger partial charge on any atom is -0.317 e. The Hall–Kier alpha value is -0.540. The summed E-state index contributed by atoms with van der Waals surface area (Å²) in [6.07, 6.45) is 3.52. The molecule has 0 aliphatic carbocycles. The standard InChI is InChI=1S/C12H22N4O2S2/c1-2-13-9-11-3-6-16(7-4-11)20(17,18)15-10-12-14-5-8-19-12/h5,8,11,13,15H,2-4,6-7,9-10H2,1H3. The summed E-state index contributed by atoms with van der Waals surface area (Å²) in [6, 6.07) is 0. The zero-order valence-corrected chi connectivity index (χ0v) is 13.3. The molecule has 2 heterocycles. The van der Waals surface area contributed by atoms with E-state index in [1.165, 1.54) is 11.3 Å². The van der Waals surface area contributed by atoms with E-state index in [-0.39, 0.29) is 6.54 Å². The topological polar surface area (TPSA) is 74.3 Å². The molecular weight excluding hydrogens is 296 g/mol.